The molecule has 0 atom stereocenters. The third kappa shape index (κ3) is 2.84. The first kappa shape index (κ1) is 12.1. The topological polar surface area (TPSA) is 24.9 Å². The van der Waals surface area contributed by atoms with Gasteiger partial charge in [0.25, 0.3) is 0 Å². The summed E-state index contributed by atoms with van der Waals surface area (Å²) < 4.78 is 0. The molecule has 1 heterocycles. The molecule has 2 rings (SSSR count). The molecule has 1 aromatic carbocycles. The summed E-state index contributed by atoms with van der Waals surface area (Å²) in [7, 11) is 1.92. The van der Waals surface area contributed by atoms with E-state index in [1.54, 1.807) is 0 Å². The number of pyridine rings is 1. The Morgan fingerprint density at radius 2 is 1.94 bits per heavy atom. The van der Waals surface area contributed by atoms with E-state index in [9.17, 15) is 0 Å². The molecule has 0 aliphatic heterocycles. The molecule has 0 radical (unpaired) electrons. The van der Waals surface area contributed by atoms with E-state index in [4.69, 9.17) is 11.6 Å². The molecule has 2 nitrogen and oxygen atoms in total. The fraction of sp³-hybridized carbons (Fsp3) is 0.214. The maximum absolute atomic E-state index is 6.14. The van der Waals surface area contributed by atoms with E-state index in [2.05, 4.69) is 22.4 Å². The lowest BCUT2D eigenvalue weighted by molar-refractivity contribution is 0.818. The van der Waals surface area contributed by atoms with Crippen LogP contribution in [-0.4, -0.2) is 12.0 Å². The zero-order chi connectivity index (χ0) is 12.3. The molecule has 0 unspecified atom stereocenters. The van der Waals surface area contributed by atoms with Gasteiger partial charge in [-0.05, 0) is 54.9 Å². The number of halogens is 1. The van der Waals surface area contributed by atoms with Gasteiger partial charge in [0.2, 0.25) is 0 Å². The highest BCUT2D eigenvalue weighted by Gasteiger charge is 2.03. The quantitative estimate of drug-likeness (QED) is 0.898. The third-order valence-electron chi connectivity index (χ3n) is 2.64. The van der Waals surface area contributed by atoms with E-state index < -0.39 is 0 Å². The molecule has 2 aromatic rings. The number of nitrogens with zero attached hydrogens (tertiary/aromatic N) is 1. The molecule has 0 aliphatic rings. The van der Waals surface area contributed by atoms with Gasteiger partial charge >= 0.3 is 0 Å². The summed E-state index contributed by atoms with van der Waals surface area (Å²) in [5, 5.41) is 3.92. The van der Waals surface area contributed by atoms with Crippen LogP contribution in [0, 0.1) is 6.92 Å². The van der Waals surface area contributed by atoms with Gasteiger partial charge in [0.15, 0.2) is 0 Å². The Morgan fingerprint density at radius 3 is 2.65 bits per heavy atom. The van der Waals surface area contributed by atoms with Crippen LogP contribution in [0.5, 0.6) is 0 Å². The normalized spacial score (nSPS) is 10.5. The number of benzene rings is 1. The van der Waals surface area contributed by atoms with Gasteiger partial charge < -0.3 is 5.32 Å². The van der Waals surface area contributed by atoms with Gasteiger partial charge in [-0.3, -0.25) is 4.98 Å². The summed E-state index contributed by atoms with van der Waals surface area (Å²) in [4.78, 5) is 4.20. The summed E-state index contributed by atoms with van der Waals surface area (Å²) >= 11 is 6.14. The van der Waals surface area contributed by atoms with Crippen LogP contribution in [0.15, 0.2) is 36.5 Å². The Morgan fingerprint density at radius 1 is 1.18 bits per heavy atom. The van der Waals surface area contributed by atoms with E-state index >= 15 is 0 Å². The average molecular weight is 247 g/mol. The van der Waals surface area contributed by atoms with Crippen molar-refractivity contribution >= 4 is 11.6 Å². The first-order valence-corrected chi connectivity index (χ1v) is 5.94. The Hall–Kier alpha value is -1.38. The second kappa shape index (κ2) is 5.30. The molecule has 0 saturated carbocycles. The van der Waals surface area contributed by atoms with Gasteiger partial charge in [-0.2, -0.15) is 0 Å². The third-order valence-corrected chi connectivity index (χ3v) is 3.01. The lowest BCUT2D eigenvalue weighted by Gasteiger charge is -2.08. The van der Waals surface area contributed by atoms with Gasteiger partial charge in [0, 0.05) is 23.5 Å². The maximum atomic E-state index is 6.14. The highest BCUT2D eigenvalue weighted by Crippen LogP contribution is 2.25. The van der Waals surface area contributed by atoms with E-state index in [0.29, 0.717) is 0 Å². The van der Waals surface area contributed by atoms with Crippen molar-refractivity contribution in [2.24, 2.45) is 0 Å². The molecular formula is C14H15ClN2. The number of aryl methyl sites for hydroxylation is 1. The summed E-state index contributed by atoms with van der Waals surface area (Å²) in [6, 6.07) is 10.2. The summed E-state index contributed by atoms with van der Waals surface area (Å²) in [6.45, 7) is 2.77. The van der Waals surface area contributed by atoms with E-state index in [1.165, 1.54) is 11.1 Å². The predicted molar refractivity (Wildman–Crippen MR) is 72.2 cm³/mol. The molecule has 17 heavy (non-hydrogen) atoms. The van der Waals surface area contributed by atoms with Gasteiger partial charge in [-0.1, -0.05) is 17.7 Å². The van der Waals surface area contributed by atoms with Gasteiger partial charge in [-0.15, -0.1) is 0 Å². The molecule has 0 bridgehead atoms. The predicted octanol–water partition coefficient (Wildman–Crippen LogP) is 3.43. The van der Waals surface area contributed by atoms with Crippen LogP contribution in [-0.2, 0) is 6.54 Å². The molecule has 1 N–H and O–H groups in total. The van der Waals surface area contributed by atoms with Crippen molar-refractivity contribution in [2.75, 3.05) is 7.05 Å². The first-order chi connectivity index (χ1) is 8.20. The fourth-order valence-corrected chi connectivity index (χ4v) is 1.99. The second-order valence-corrected chi connectivity index (χ2v) is 4.43. The zero-order valence-electron chi connectivity index (χ0n) is 10.00. The van der Waals surface area contributed by atoms with E-state index in [1.807, 2.05) is 38.4 Å². The number of aromatic nitrogens is 1. The van der Waals surface area contributed by atoms with Gasteiger partial charge in [0.05, 0.1) is 0 Å². The highest BCUT2D eigenvalue weighted by atomic mass is 35.5. The van der Waals surface area contributed by atoms with Gasteiger partial charge in [-0.25, -0.2) is 0 Å². The minimum absolute atomic E-state index is 0.775. The first-order valence-electron chi connectivity index (χ1n) is 5.57. The summed E-state index contributed by atoms with van der Waals surface area (Å²) in [5.41, 5.74) is 4.48. The van der Waals surface area contributed by atoms with Crippen LogP contribution in [0.25, 0.3) is 11.1 Å². The number of rotatable bonds is 3. The maximum Gasteiger partial charge on any atom is 0.0451 e. The van der Waals surface area contributed by atoms with Gasteiger partial charge in [0.1, 0.15) is 0 Å². The fourth-order valence-electron chi connectivity index (χ4n) is 1.81. The lowest BCUT2D eigenvalue weighted by Crippen LogP contribution is -2.05. The zero-order valence-corrected chi connectivity index (χ0v) is 10.8. The van der Waals surface area contributed by atoms with E-state index in [-0.39, 0.29) is 0 Å². The molecule has 3 heteroatoms. The molecule has 0 fully saturated rings. The molecule has 88 valence electrons. The van der Waals surface area contributed by atoms with Crippen LogP contribution in [0.1, 0.15) is 11.3 Å². The Kier molecular flexibility index (Phi) is 3.77. The van der Waals surface area contributed by atoms with Crippen molar-refractivity contribution < 1.29 is 0 Å². The van der Waals surface area contributed by atoms with Crippen molar-refractivity contribution in [2.45, 2.75) is 13.5 Å². The molecule has 0 amide bonds. The van der Waals surface area contributed by atoms with E-state index in [0.717, 1.165) is 22.8 Å². The number of hydrogen-bond donors (Lipinski definition) is 1. The summed E-state index contributed by atoms with van der Waals surface area (Å²) in [5.74, 6) is 0. The molecule has 1 aromatic heterocycles. The van der Waals surface area contributed by atoms with Crippen molar-refractivity contribution in [3.05, 3.63) is 52.8 Å². The monoisotopic (exact) mass is 246 g/mol. The number of nitrogens with one attached hydrogen (secondary N) is 1. The van der Waals surface area contributed by atoms with Crippen molar-refractivity contribution in [1.82, 2.24) is 10.3 Å². The second-order valence-electron chi connectivity index (χ2n) is 4.02. The average Bonchev–Trinajstić information content (AvgIpc) is 2.32. The van der Waals surface area contributed by atoms with Crippen LogP contribution < -0.4 is 5.32 Å². The van der Waals surface area contributed by atoms with Crippen LogP contribution in [0.2, 0.25) is 5.02 Å². The van der Waals surface area contributed by atoms with Crippen molar-refractivity contribution in [1.29, 1.82) is 0 Å². The van der Waals surface area contributed by atoms with Crippen LogP contribution in [0.3, 0.4) is 0 Å². The Bertz CT molecular complexity index is 523. The summed E-state index contributed by atoms with van der Waals surface area (Å²) in [6.07, 6.45) is 1.83. The smallest absolute Gasteiger partial charge is 0.0451 e. The highest BCUT2D eigenvalue weighted by molar-refractivity contribution is 6.31. The SMILES string of the molecule is CNCc1cc(-c2ccnc(C)c2)ccc1Cl. The largest absolute Gasteiger partial charge is 0.316 e. The lowest BCUT2D eigenvalue weighted by atomic mass is 10.0. The number of hydrogen-bond acceptors (Lipinski definition) is 2. The minimum atomic E-state index is 0.775. The minimum Gasteiger partial charge on any atom is -0.316 e. The standard InChI is InChI=1S/C14H15ClN2/c1-10-7-12(5-6-17-10)11-3-4-14(15)13(8-11)9-16-2/h3-8,16H,9H2,1-2H3. The molecule has 0 spiro atoms. The van der Waals surface area contributed by atoms with Crippen molar-refractivity contribution in [3.63, 3.8) is 0 Å². The van der Waals surface area contributed by atoms with Crippen molar-refractivity contribution in [3.8, 4) is 11.1 Å². The molecule has 0 aliphatic carbocycles. The van der Waals surface area contributed by atoms with Crippen LogP contribution in [0.4, 0.5) is 0 Å². The molecule has 0 saturated heterocycles. The Balaban J connectivity index is 2.42. The Labute approximate surface area is 107 Å². The van der Waals surface area contributed by atoms with Crippen LogP contribution >= 0.6 is 11.6 Å². The molecular weight excluding hydrogens is 232 g/mol.